The van der Waals surface area contributed by atoms with E-state index in [1.807, 2.05) is 18.2 Å². The molecule has 0 aromatic heterocycles. The third-order valence-electron chi connectivity index (χ3n) is 4.04. The molecular weight excluding hydrogens is 340 g/mol. The van der Waals surface area contributed by atoms with Gasteiger partial charge in [0.25, 0.3) is 5.91 Å². The van der Waals surface area contributed by atoms with Crippen LogP contribution in [0.2, 0.25) is 5.02 Å². The lowest BCUT2D eigenvalue weighted by molar-refractivity contribution is -0.115. The number of anilines is 1. The van der Waals surface area contributed by atoms with Crippen LogP contribution in [0.4, 0.5) is 5.69 Å². The van der Waals surface area contributed by atoms with Crippen LogP contribution >= 0.6 is 11.6 Å². The molecule has 0 unspecified atom stereocenters. The minimum atomic E-state index is -0.213. The highest BCUT2D eigenvalue weighted by molar-refractivity contribution is 6.31. The van der Waals surface area contributed by atoms with Gasteiger partial charge in [-0.05, 0) is 23.8 Å². The molecule has 0 radical (unpaired) electrons. The van der Waals surface area contributed by atoms with Gasteiger partial charge in [0.05, 0.1) is 30.9 Å². The molecule has 130 valence electrons. The summed E-state index contributed by atoms with van der Waals surface area (Å²) >= 11 is 6.10. The first-order chi connectivity index (χ1) is 12.1. The third-order valence-corrected chi connectivity index (χ3v) is 4.41. The van der Waals surface area contributed by atoms with Gasteiger partial charge in [-0.25, -0.2) is 0 Å². The molecule has 3 rings (SSSR count). The zero-order valence-corrected chi connectivity index (χ0v) is 14.5. The lowest BCUT2D eigenvalue weighted by Gasteiger charge is -2.27. The van der Waals surface area contributed by atoms with E-state index < -0.39 is 0 Å². The molecule has 1 saturated heterocycles. The lowest BCUT2D eigenvalue weighted by Crippen LogP contribution is -2.41. The number of morpholine rings is 1. The summed E-state index contributed by atoms with van der Waals surface area (Å²) in [6.07, 6.45) is 0.153. The first kappa shape index (κ1) is 17.5. The number of hydrogen-bond donors (Lipinski definition) is 1. The van der Waals surface area contributed by atoms with Gasteiger partial charge in [0.2, 0.25) is 5.91 Å². The molecule has 1 N–H and O–H groups in total. The Hall–Kier alpha value is -2.37. The van der Waals surface area contributed by atoms with Gasteiger partial charge in [-0.3, -0.25) is 9.59 Å². The number of halogens is 1. The SMILES string of the molecule is O=C(Cc1ccccc1Cl)Nc1ccccc1C(=O)N1CCOCC1. The van der Waals surface area contributed by atoms with Crippen LogP contribution in [0, 0.1) is 0 Å². The van der Waals surface area contributed by atoms with Crippen LogP contribution in [-0.4, -0.2) is 43.0 Å². The van der Waals surface area contributed by atoms with Crippen molar-refractivity contribution in [2.24, 2.45) is 0 Å². The molecule has 2 aromatic carbocycles. The average Bonchev–Trinajstić information content (AvgIpc) is 2.64. The number of hydrogen-bond acceptors (Lipinski definition) is 3. The third kappa shape index (κ3) is 4.38. The second-order valence-electron chi connectivity index (χ2n) is 5.77. The Morgan fingerprint density at radius 3 is 2.48 bits per heavy atom. The van der Waals surface area contributed by atoms with Gasteiger partial charge in [-0.2, -0.15) is 0 Å². The largest absolute Gasteiger partial charge is 0.378 e. The fourth-order valence-corrected chi connectivity index (χ4v) is 2.93. The molecule has 5 nitrogen and oxygen atoms in total. The maximum atomic E-state index is 12.7. The molecule has 1 aliphatic rings. The highest BCUT2D eigenvalue weighted by Gasteiger charge is 2.21. The Labute approximate surface area is 151 Å². The average molecular weight is 359 g/mol. The summed E-state index contributed by atoms with van der Waals surface area (Å²) in [5.74, 6) is -0.313. The number of para-hydroxylation sites is 1. The van der Waals surface area contributed by atoms with Crippen molar-refractivity contribution in [2.45, 2.75) is 6.42 Å². The van der Waals surface area contributed by atoms with Gasteiger partial charge in [0.1, 0.15) is 0 Å². The van der Waals surface area contributed by atoms with Crippen LogP contribution in [0.25, 0.3) is 0 Å². The number of nitrogens with one attached hydrogen (secondary N) is 1. The number of benzene rings is 2. The van der Waals surface area contributed by atoms with E-state index in [1.165, 1.54) is 0 Å². The topological polar surface area (TPSA) is 58.6 Å². The normalized spacial score (nSPS) is 14.2. The minimum Gasteiger partial charge on any atom is -0.378 e. The maximum absolute atomic E-state index is 12.7. The number of rotatable bonds is 4. The molecule has 0 aliphatic carbocycles. The van der Waals surface area contributed by atoms with E-state index in [2.05, 4.69) is 5.32 Å². The Kier molecular flexibility index (Phi) is 5.68. The number of nitrogens with zero attached hydrogens (tertiary/aromatic N) is 1. The molecule has 2 amide bonds. The lowest BCUT2D eigenvalue weighted by atomic mass is 10.1. The summed E-state index contributed by atoms with van der Waals surface area (Å²) in [5.41, 5.74) is 1.74. The Bertz CT molecular complexity index is 773. The summed E-state index contributed by atoms with van der Waals surface area (Å²) in [6.45, 7) is 2.18. The van der Waals surface area contributed by atoms with Gasteiger partial charge in [-0.1, -0.05) is 41.9 Å². The van der Waals surface area contributed by atoms with Gasteiger partial charge < -0.3 is 15.0 Å². The summed E-state index contributed by atoms with van der Waals surface area (Å²) in [7, 11) is 0. The van der Waals surface area contributed by atoms with Crippen molar-refractivity contribution in [2.75, 3.05) is 31.6 Å². The van der Waals surface area contributed by atoms with Crippen molar-refractivity contribution >= 4 is 29.1 Å². The van der Waals surface area contributed by atoms with Crippen molar-refractivity contribution in [3.8, 4) is 0 Å². The first-order valence-corrected chi connectivity index (χ1v) is 8.52. The highest BCUT2D eigenvalue weighted by Crippen LogP contribution is 2.20. The van der Waals surface area contributed by atoms with Gasteiger partial charge in [0, 0.05) is 18.1 Å². The van der Waals surface area contributed by atoms with E-state index in [9.17, 15) is 9.59 Å². The van der Waals surface area contributed by atoms with Gasteiger partial charge in [0.15, 0.2) is 0 Å². The molecule has 1 fully saturated rings. The van der Waals surface area contributed by atoms with E-state index in [-0.39, 0.29) is 18.2 Å². The first-order valence-electron chi connectivity index (χ1n) is 8.14. The highest BCUT2D eigenvalue weighted by atomic mass is 35.5. The molecule has 1 heterocycles. The predicted octanol–water partition coefficient (Wildman–Crippen LogP) is 2.99. The Morgan fingerprint density at radius 1 is 1.04 bits per heavy atom. The van der Waals surface area contributed by atoms with E-state index in [0.29, 0.717) is 42.6 Å². The second kappa shape index (κ2) is 8.14. The molecule has 0 atom stereocenters. The number of carbonyl (C=O) groups excluding carboxylic acids is 2. The summed E-state index contributed by atoms with van der Waals surface area (Å²) < 4.78 is 5.28. The Balaban J connectivity index is 1.73. The van der Waals surface area contributed by atoms with E-state index in [0.717, 1.165) is 5.56 Å². The Morgan fingerprint density at radius 2 is 1.72 bits per heavy atom. The molecule has 0 bridgehead atoms. The maximum Gasteiger partial charge on any atom is 0.256 e. The van der Waals surface area contributed by atoms with Crippen LogP contribution in [-0.2, 0) is 16.0 Å². The molecule has 6 heteroatoms. The van der Waals surface area contributed by atoms with E-state index in [1.54, 1.807) is 35.2 Å². The van der Waals surface area contributed by atoms with Crippen molar-refractivity contribution in [3.05, 3.63) is 64.7 Å². The van der Waals surface area contributed by atoms with Crippen LogP contribution < -0.4 is 5.32 Å². The summed E-state index contributed by atoms with van der Waals surface area (Å²) in [4.78, 5) is 26.8. The molecule has 2 aromatic rings. The van der Waals surface area contributed by atoms with E-state index in [4.69, 9.17) is 16.3 Å². The van der Waals surface area contributed by atoms with Crippen LogP contribution in [0.1, 0.15) is 15.9 Å². The molecule has 25 heavy (non-hydrogen) atoms. The van der Waals surface area contributed by atoms with Crippen molar-refractivity contribution in [1.29, 1.82) is 0 Å². The summed E-state index contributed by atoms with van der Waals surface area (Å²) in [6, 6.07) is 14.3. The molecule has 1 aliphatic heterocycles. The zero-order valence-electron chi connectivity index (χ0n) is 13.7. The van der Waals surface area contributed by atoms with Gasteiger partial charge >= 0.3 is 0 Å². The summed E-state index contributed by atoms with van der Waals surface area (Å²) in [5, 5.41) is 3.38. The standard InChI is InChI=1S/C19H19ClN2O3/c20-16-7-3-1-5-14(16)13-18(23)21-17-8-4-2-6-15(17)19(24)22-9-11-25-12-10-22/h1-8H,9-13H2,(H,21,23). The molecule has 0 spiro atoms. The number of amides is 2. The minimum absolute atomic E-state index is 0.100. The fraction of sp³-hybridized carbons (Fsp3) is 0.263. The van der Waals surface area contributed by atoms with Crippen LogP contribution in [0.3, 0.4) is 0 Å². The van der Waals surface area contributed by atoms with Crippen LogP contribution in [0.15, 0.2) is 48.5 Å². The molecular formula is C19H19ClN2O3. The number of ether oxygens (including phenoxy) is 1. The van der Waals surface area contributed by atoms with E-state index >= 15 is 0 Å². The quantitative estimate of drug-likeness (QED) is 0.914. The monoisotopic (exact) mass is 358 g/mol. The van der Waals surface area contributed by atoms with Crippen molar-refractivity contribution in [1.82, 2.24) is 4.90 Å². The second-order valence-corrected chi connectivity index (χ2v) is 6.17. The fourth-order valence-electron chi connectivity index (χ4n) is 2.72. The van der Waals surface area contributed by atoms with Crippen molar-refractivity contribution < 1.29 is 14.3 Å². The van der Waals surface area contributed by atoms with Gasteiger partial charge in [-0.15, -0.1) is 0 Å². The molecule has 0 saturated carbocycles. The van der Waals surface area contributed by atoms with Crippen molar-refractivity contribution in [3.63, 3.8) is 0 Å². The van der Waals surface area contributed by atoms with Crippen LogP contribution in [0.5, 0.6) is 0 Å². The predicted molar refractivity (Wildman–Crippen MR) is 97.0 cm³/mol. The smallest absolute Gasteiger partial charge is 0.256 e. The zero-order chi connectivity index (χ0) is 17.6. The number of carbonyl (C=O) groups is 2.